The Bertz CT molecular complexity index is 1160. The number of carbonyl (C=O) groups excluding carboxylic acids is 2. The number of hydrogen-bond acceptors (Lipinski definition) is 5. The Morgan fingerprint density at radius 2 is 2.06 bits per heavy atom. The lowest BCUT2D eigenvalue weighted by atomic mass is 9.53. The number of thiazole rings is 1. The van der Waals surface area contributed by atoms with Crippen LogP contribution in [0.1, 0.15) is 60.5 Å². The third-order valence-electron chi connectivity index (χ3n) is 8.14. The van der Waals surface area contributed by atoms with E-state index in [2.05, 4.69) is 23.8 Å². The standard InChI is InChI=1S/C27H33F2N3O3S/c1-6-12-32(5)25(35)14(2)16-10-11-27(4)13-19-22(15(3)21(27)23(16)33)30-26(36-19)31-24(34)20-17(28)8-7-9-18(20)29/h6-9,14-16,21,23,33H,1,10-13H2,2-5H3,(H,30,31,34)/t14-,15-,16?,21+,23-,27-/m0/s1. The van der Waals surface area contributed by atoms with Crippen molar-refractivity contribution in [2.24, 2.45) is 23.2 Å². The van der Waals surface area contributed by atoms with E-state index < -0.39 is 29.2 Å². The molecule has 194 valence electrons. The van der Waals surface area contributed by atoms with Crippen LogP contribution in [0, 0.1) is 34.8 Å². The SMILES string of the molecule is C=CCN(C)C(=O)[C@@H](C)C1CC[C@@]2(C)Cc3sc(NC(=O)c4c(F)cccc4F)nc3[C@@H](C)[C@@H]2[C@H]1O. The van der Waals surface area contributed by atoms with Crippen molar-refractivity contribution >= 4 is 28.3 Å². The van der Waals surface area contributed by atoms with Gasteiger partial charge in [-0.25, -0.2) is 13.8 Å². The minimum atomic E-state index is -0.933. The first kappa shape index (κ1) is 26.4. The van der Waals surface area contributed by atoms with Crippen molar-refractivity contribution in [3.63, 3.8) is 0 Å². The highest BCUT2D eigenvalue weighted by Crippen LogP contribution is 2.57. The van der Waals surface area contributed by atoms with Crippen molar-refractivity contribution in [3.05, 3.63) is 58.6 Å². The number of amides is 2. The molecule has 0 aliphatic heterocycles. The van der Waals surface area contributed by atoms with Gasteiger partial charge in [-0.1, -0.05) is 32.9 Å². The van der Waals surface area contributed by atoms with E-state index in [4.69, 9.17) is 0 Å². The lowest BCUT2D eigenvalue weighted by Gasteiger charge is -2.53. The highest BCUT2D eigenvalue weighted by molar-refractivity contribution is 7.15. The maximum Gasteiger partial charge on any atom is 0.263 e. The highest BCUT2D eigenvalue weighted by atomic mass is 32.1. The van der Waals surface area contributed by atoms with Crippen LogP contribution in [0.2, 0.25) is 0 Å². The van der Waals surface area contributed by atoms with Gasteiger partial charge in [0, 0.05) is 30.3 Å². The van der Waals surface area contributed by atoms with Crippen molar-refractivity contribution in [2.45, 2.75) is 52.1 Å². The number of rotatable bonds is 6. The zero-order valence-corrected chi connectivity index (χ0v) is 21.9. The van der Waals surface area contributed by atoms with E-state index >= 15 is 0 Å². The Labute approximate surface area is 214 Å². The van der Waals surface area contributed by atoms with Gasteiger partial charge >= 0.3 is 0 Å². The molecule has 0 spiro atoms. The zero-order valence-electron chi connectivity index (χ0n) is 21.1. The molecule has 2 N–H and O–H groups in total. The van der Waals surface area contributed by atoms with Crippen LogP contribution in [0.25, 0.3) is 0 Å². The molecule has 2 aliphatic rings. The molecule has 0 bridgehead atoms. The Balaban J connectivity index is 1.57. The fourth-order valence-corrected chi connectivity index (χ4v) is 7.55. The molecule has 36 heavy (non-hydrogen) atoms. The van der Waals surface area contributed by atoms with Gasteiger partial charge in [-0.15, -0.1) is 17.9 Å². The van der Waals surface area contributed by atoms with Crippen molar-refractivity contribution in [3.8, 4) is 0 Å². The minimum Gasteiger partial charge on any atom is -0.392 e. The fraction of sp³-hybridized carbons (Fsp3) is 0.519. The van der Waals surface area contributed by atoms with E-state index in [9.17, 15) is 23.5 Å². The summed E-state index contributed by atoms with van der Waals surface area (Å²) in [4.78, 5) is 32.8. The van der Waals surface area contributed by atoms with Crippen LogP contribution in [-0.4, -0.2) is 46.5 Å². The fourth-order valence-electron chi connectivity index (χ4n) is 6.29. The molecule has 0 radical (unpaired) electrons. The summed E-state index contributed by atoms with van der Waals surface area (Å²) in [7, 11) is 1.74. The molecule has 4 rings (SSSR count). The number of benzene rings is 1. The molecule has 2 aliphatic carbocycles. The largest absolute Gasteiger partial charge is 0.392 e. The maximum absolute atomic E-state index is 14.1. The molecular weight excluding hydrogens is 484 g/mol. The van der Waals surface area contributed by atoms with E-state index in [0.717, 1.165) is 35.5 Å². The van der Waals surface area contributed by atoms with Crippen LogP contribution in [-0.2, 0) is 11.2 Å². The van der Waals surface area contributed by atoms with Gasteiger partial charge in [0.2, 0.25) is 5.91 Å². The Morgan fingerprint density at radius 3 is 2.69 bits per heavy atom. The van der Waals surface area contributed by atoms with Crippen LogP contribution < -0.4 is 5.32 Å². The molecule has 2 amide bonds. The molecule has 1 heterocycles. The molecule has 1 saturated carbocycles. The van der Waals surface area contributed by atoms with E-state index in [-0.39, 0.29) is 40.1 Å². The summed E-state index contributed by atoms with van der Waals surface area (Å²) in [6, 6.07) is 3.28. The third kappa shape index (κ3) is 4.59. The first-order valence-electron chi connectivity index (χ1n) is 12.3. The average Bonchev–Trinajstić information content (AvgIpc) is 3.20. The summed E-state index contributed by atoms with van der Waals surface area (Å²) in [5.74, 6) is -3.49. The number of aliphatic hydroxyl groups is 1. The molecule has 9 heteroatoms. The Kier molecular flexibility index (Phi) is 7.35. The van der Waals surface area contributed by atoms with Gasteiger partial charge in [0.15, 0.2) is 5.13 Å². The maximum atomic E-state index is 14.1. The number of carbonyl (C=O) groups is 2. The van der Waals surface area contributed by atoms with Gasteiger partial charge < -0.3 is 10.0 Å². The van der Waals surface area contributed by atoms with Crippen LogP contribution in [0.15, 0.2) is 30.9 Å². The summed E-state index contributed by atoms with van der Waals surface area (Å²) in [6.45, 7) is 10.2. The molecule has 6 nitrogen and oxygen atoms in total. The zero-order chi connectivity index (χ0) is 26.4. The van der Waals surface area contributed by atoms with Crippen molar-refractivity contribution < 1.29 is 23.5 Å². The predicted octanol–water partition coefficient (Wildman–Crippen LogP) is 5.01. The smallest absolute Gasteiger partial charge is 0.263 e. The Hall–Kier alpha value is -2.65. The van der Waals surface area contributed by atoms with E-state index in [1.54, 1.807) is 18.0 Å². The monoisotopic (exact) mass is 517 g/mol. The number of aliphatic hydroxyl groups excluding tert-OH is 1. The van der Waals surface area contributed by atoms with Crippen molar-refractivity contribution in [1.82, 2.24) is 9.88 Å². The number of aromatic nitrogens is 1. The molecule has 1 aromatic heterocycles. The Morgan fingerprint density at radius 1 is 1.39 bits per heavy atom. The topological polar surface area (TPSA) is 82.5 Å². The summed E-state index contributed by atoms with van der Waals surface area (Å²) in [5, 5.41) is 14.4. The number of nitrogens with one attached hydrogen (secondary N) is 1. The molecule has 1 unspecified atom stereocenters. The van der Waals surface area contributed by atoms with Crippen LogP contribution in [0.3, 0.4) is 0 Å². The number of nitrogens with zero attached hydrogens (tertiary/aromatic N) is 2. The predicted molar refractivity (Wildman–Crippen MR) is 136 cm³/mol. The lowest BCUT2D eigenvalue weighted by Crippen LogP contribution is -2.53. The summed E-state index contributed by atoms with van der Waals surface area (Å²) < 4.78 is 28.1. The first-order valence-corrected chi connectivity index (χ1v) is 13.1. The number of hydrogen-bond donors (Lipinski definition) is 2. The highest BCUT2D eigenvalue weighted by Gasteiger charge is 2.54. The normalized spacial score (nSPS) is 28.0. The number of anilines is 1. The van der Waals surface area contributed by atoms with Gasteiger partial charge in [-0.2, -0.15) is 0 Å². The van der Waals surface area contributed by atoms with Crippen LogP contribution in [0.4, 0.5) is 13.9 Å². The molecule has 0 saturated heterocycles. The third-order valence-corrected chi connectivity index (χ3v) is 9.13. The van der Waals surface area contributed by atoms with E-state index in [1.165, 1.54) is 17.4 Å². The molecule has 2 aromatic rings. The second-order valence-corrected chi connectivity index (χ2v) is 11.6. The second kappa shape index (κ2) is 10.0. The summed E-state index contributed by atoms with van der Waals surface area (Å²) in [5.41, 5.74) is -0.0456. The van der Waals surface area contributed by atoms with Gasteiger partial charge in [0.05, 0.1) is 11.8 Å². The van der Waals surface area contributed by atoms with Crippen molar-refractivity contribution in [2.75, 3.05) is 18.9 Å². The number of halogens is 2. The lowest BCUT2D eigenvalue weighted by molar-refractivity contribution is -0.143. The van der Waals surface area contributed by atoms with Gasteiger partial charge in [-0.05, 0) is 48.6 Å². The molecular formula is C27H33F2N3O3S. The average molecular weight is 518 g/mol. The molecule has 6 atom stereocenters. The summed E-state index contributed by atoms with van der Waals surface area (Å²) >= 11 is 1.31. The van der Waals surface area contributed by atoms with Gasteiger partial charge in [0.1, 0.15) is 17.2 Å². The quantitative estimate of drug-likeness (QED) is 0.528. The second-order valence-electron chi connectivity index (χ2n) is 10.5. The first-order chi connectivity index (χ1) is 17.0. The van der Waals surface area contributed by atoms with Gasteiger partial charge in [-0.3, -0.25) is 14.9 Å². The van der Waals surface area contributed by atoms with Crippen LogP contribution >= 0.6 is 11.3 Å². The van der Waals surface area contributed by atoms with Gasteiger partial charge in [0.25, 0.3) is 5.91 Å². The summed E-state index contributed by atoms with van der Waals surface area (Å²) in [6.07, 6.45) is 3.27. The molecule has 1 aromatic carbocycles. The molecule has 1 fully saturated rings. The van der Waals surface area contributed by atoms with Crippen LogP contribution in [0.5, 0.6) is 0 Å². The van der Waals surface area contributed by atoms with Crippen molar-refractivity contribution in [1.29, 1.82) is 0 Å². The minimum absolute atomic E-state index is 0.00858. The van der Waals surface area contributed by atoms with E-state index in [0.29, 0.717) is 13.0 Å². The number of fused-ring (bicyclic) bond motifs is 2. The number of likely N-dealkylation sites (N-methyl/N-ethyl adjacent to an activating group) is 1. The van der Waals surface area contributed by atoms with E-state index in [1.807, 2.05) is 13.8 Å².